The molecule has 15 heteroatoms. The molecule has 1 saturated carbocycles. The van der Waals surface area contributed by atoms with Crippen molar-refractivity contribution in [1.82, 2.24) is 24.6 Å². The number of nitrogens with zero attached hydrogens (tertiary/aromatic N) is 6. The van der Waals surface area contributed by atoms with Crippen LogP contribution in [0, 0.1) is 11.2 Å². The Morgan fingerprint density at radius 2 is 1.95 bits per heavy atom. The fraction of sp³-hybridized carbons (Fsp3) is 0.517. The summed E-state index contributed by atoms with van der Waals surface area (Å²) in [6, 6.07) is 1.66. The van der Waals surface area contributed by atoms with Gasteiger partial charge in [-0.3, -0.25) is 9.48 Å². The van der Waals surface area contributed by atoms with E-state index in [1.165, 1.54) is 13.5 Å². The molecule has 234 valence electrons. The minimum absolute atomic E-state index is 0.00548. The van der Waals surface area contributed by atoms with E-state index in [2.05, 4.69) is 15.1 Å². The van der Waals surface area contributed by atoms with Crippen molar-refractivity contribution < 1.29 is 31.8 Å². The van der Waals surface area contributed by atoms with Gasteiger partial charge in [-0.15, -0.1) is 0 Å². The summed E-state index contributed by atoms with van der Waals surface area (Å²) in [5.41, 5.74) is 5.51. The summed E-state index contributed by atoms with van der Waals surface area (Å²) in [4.78, 5) is 26.0. The maximum atomic E-state index is 15.1. The number of anilines is 2. The molecule has 1 aromatic carbocycles. The number of alkyl halides is 3. The van der Waals surface area contributed by atoms with Crippen molar-refractivity contribution in [2.24, 2.45) is 5.41 Å². The van der Waals surface area contributed by atoms with Gasteiger partial charge in [-0.2, -0.15) is 28.2 Å². The number of hydrogen-bond donors (Lipinski definition) is 1. The minimum atomic E-state index is -4.81. The Balaban J connectivity index is 1.19. The van der Waals surface area contributed by atoms with Crippen LogP contribution < -0.4 is 15.4 Å². The van der Waals surface area contributed by atoms with Crippen molar-refractivity contribution in [3.05, 3.63) is 56.7 Å². The molecule has 1 amide bonds. The first-order chi connectivity index (χ1) is 21.0. The third-order valence-corrected chi connectivity index (χ3v) is 9.66. The summed E-state index contributed by atoms with van der Waals surface area (Å²) >= 11 is 6.80. The topological polar surface area (TPSA) is 112 Å². The largest absolute Gasteiger partial charge is 0.467 e. The van der Waals surface area contributed by atoms with Gasteiger partial charge in [0.15, 0.2) is 11.5 Å². The lowest BCUT2D eigenvalue weighted by Crippen LogP contribution is -2.61. The molecule has 3 aliphatic heterocycles. The smallest absolute Gasteiger partial charge is 0.416 e. The lowest BCUT2D eigenvalue weighted by Gasteiger charge is -2.55. The van der Waals surface area contributed by atoms with Gasteiger partial charge in [-0.25, -0.2) is 4.39 Å². The second kappa shape index (κ2) is 10.5. The SMILES string of the molecule is COc1nc2c(c(N3CCCn4nc(C(=O)N5CC6(CCC6)C5)c(Cl)c4C3)n1)COC(c1c(C(F)(F)F)ccc(N)c1F)C2. The molecule has 5 heterocycles. The summed E-state index contributed by atoms with van der Waals surface area (Å²) in [7, 11) is 1.39. The van der Waals surface area contributed by atoms with Crippen molar-refractivity contribution >= 4 is 29.0 Å². The molecular formula is C29H30ClF4N7O3. The Morgan fingerprint density at radius 1 is 1.18 bits per heavy atom. The number of benzene rings is 1. The van der Waals surface area contributed by atoms with Crippen molar-refractivity contribution in [1.29, 1.82) is 0 Å². The van der Waals surface area contributed by atoms with E-state index in [-0.39, 0.29) is 42.6 Å². The molecule has 0 radical (unpaired) electrons. The highest BCUT2D eigenvalue weighted by atomic mass is 35.5. The predicted molar refractivity (Wildman–Crippen MR) is 151 cm³/mol. The zero-order chi connectivity index (χ0) is 31.0. The molecule has 10 nitrogen and oxygen atoms in total. The van der Waals surface area contributed by atoms with Gasteiger partial charge < -0.3 is 25.0 Å². The number of nitrogen functional groups attached to an aromatic ring is 1. The fourth-order valence-electron chi connectivity index (χ4n) is 6.79. The van der Waals surface area contributed by atoms with Crippen molar-refractivity contribution in [3.63, 3.8) is 0 Å². The number of carbonyl (C=O) groups is 1. The van der Waals surface area contributed by atoms with Gasteiger partial charge in [0.05, 0.1) is 54.0 Å². The van der Waals surface area contributed by atoms with E-state index in [0.29, 0.717) is 47.3 Å². The van der Waals surface area contributed by atoms with Crippen LogP contribution in [0.1, 0.15) is 70.4 Å². The molecule has 1 spiro atoms. The van der Waals surface area contributed by atoms with Crippen molar-refractivity contribution in [2.75, 3.05) is 37.4 Å². The molecule has 7 rings (SSSR count). The second-order valence-corrected chi connectivity index (χ2v) is 12.4. The van der Waals surface area contributed by atoms with Crippen LogP contribution in [0.2, 0.25) is 5.02 Å². The van der Waals surface area contributed by atoms with Gasteiger partial charge in [0.25, 0.3) is 5.91 Å². The molecule has 2 N–H and O–H groups in total. The number of fused-ring (bicyclic) bond motifs is 2. The summed E-state index contributed by atoms with van der Waals surface area (Å²) in [5, 5.41) is 4.88. The molecule has 2 fully saturated rings. The highest BCUT2D eigenvalue weighted by Gasteiger charge is 2.50. The average Bonchev–Trinajstić information content (AvgIpc) is 3.10. The average molecular weight is 636 g/mol. The van der Waals surface area contributed by atoms with E-state index in [4.69, 9.17) is 26.8 Å². The predicted octanol–water partition coefficient (Wildman–Crippen LogP) is 4.93. The highest BCUT2D eigenvalue weighted by Crippen LogP contribution is 2.49. The number of carbonyl (C=O) groups excluding carboxylic acids is 1. The third-order valence-electron chi connectivity index (χ3n) is 9.27. The first kappa shape index (κ1) is 29.1. The Hall–Kier alpha value is -3.65. The van der Waals surface area contributed by atoms with Gasteiger partial charge in [0, 0.05) is 49.1 Å². The van der Waals surface area contributed by atoms with Gasteiger partial charge in [0.1, 0.15) is 5.82 Å². The second-order valence-electron chi connectivity index (χ2n) is 12.0. The molecule has 2 aromatic heterocycles. The van der Waals surface area contributed by atoms with Crippen LogP contribution in [-0.2, 0) is 37.0 Å². The standard InChI is InChI=1S/C29H30ClF4N7O3/c1-43-27-36-18-10-20(21-16(29(32,33)34)4-5-17(35)23(21)31)44-12-15(18)25(37-27)39-8-3-9-41-19(11-39)22(30)24(38-41)26(42)40-13-28(14-40)6-2-7-28/h4-5,20H,2-3,6-14,35H2,1H3. The minimum Gasteiger partial charge on any atom is -0.467 e. The van der Waals surface area contributed by atoms with E-state index in [0.717, 1.165) is 38.1 Å². The summed E-state index contributed by atoms with van der Waals surface area (Å²) < 4.78 is 69.6. The van der Waals surface area contributed by atoms with Crippen LogP contribution in [-0.4, -0.2) is 57.3 Å². The Morgan fingerprint density at radius 3 is 2.64 bits per heavy atom. The zero-order valence-electron chi connectivity index (χ0n) is 23.9. The van der Waals surface area contributed by atoms with Crippen LogP contribution in [0.15, 0.2) is 12.1 Å². The van der Waals surface area contributed by atoms with Crippen LogP contribution in [0.4, 0.5) is 29.1 Å². The number of rotatable bonds is 4. The van der Waals surface area contributed by atoms with Gasteiger partial charge in [-0.05, 0) is 31.4 Å². The number of ether oxygens (including phenoxy) is 2. The number of nitrogens with two attached hydrogens (primary N) is 1. The molecule has 1 unspecified atom stereocenters. The molecule has 44 heavy (non-hydrogen) atoms. The highest BCUT2D eigenvalue weighted by molar-refractivity contribution is 6.34. The quantitative estimate of drug-likeness (QED) is 0.318. The van der Waals surface area contributed by atoms with Crippen LogP contribution in [0.25, 0.3) is 0 Å². The van der Waals surface area contributed by atoms with E-state index in [1.807, 2.05) is 4.90 Å². The van der Waals surface area contributed by atoms with E-state index >= 15 is 4.39 Å². The van der Waals surface area contributed by atoms with Crippen molar-refractivity contribution in [3.8, 4) is 6.01 Å². The van der Waals surface area contributed by atoms with Crippen LogP contribution in [0.5, 0.6) is 6.01 Å². The monoisotopic (exact) mass is 635 g/mol. The summed E-state index contributed by atoms with van der Waals surface area (Å²) in [6.07, 6.45) is -2.11. The van der Waals surface area contributed by atoms with Gasteiger partial charge >= 0.3 is 12.2 Å². The maximum absolute atomic E-state index is 15.1. The van der Waals surface area contributed by atoms with Gasteiger partial charge in [-0.1, -0.05) is 18.0 Å². The molecule has 4 aliphatic rings. The fourth-order valence-corrected chi connectivity index (χ4v) is 7.07. The summed E-state index contributed by atoms with van der Waals surface area (Å²) in [5.74, 6) is -0.883. The number of aryl methyl sites for hydroxylation is 1. The third kappa shape index (κ3) is 4.73. The summed E-state index contributed by atoms with van der Waals surface area (Å²) in [6.45, 7) is 2.62. The van der Waals surface area contributed by atoms with Gasteiger partial charge in [0.2, 0.25) is 0 Å². The number of likely N-dealkylation sites (tertiary alicyclic amines) is 1. The molecule has 1 atom stereocenters. The number of methoxy groups -OCH3 is 1. The van der Waals surface area contributed by atoms with Crippen LogP contribution in [0.3, 0.4) is 0 Å². The zero-order valence-corrected chi connectivity index (χ0v) is 24.6. The number of halogens is 5. The normalized spacial score (nSPS) is 20.8. The molecule has 1 saturated heterocycles. The molecular weight excluding hydrogens is 606 g/mol. The van der Waals surface area contributed by atoms with E-state index in [1.54, 1.807) is 9.58 Å². The number of amides is 1. The lowest BCUT2D eigenvalue weighted by molar-refractivity contribution is -0.140. The molecule has 3 aromatic rings. The van der Waals surface area contributed by atoms with E-state index in [9.17, 15) is 18.0 Å². The Labute approximate surface area is 255 Å². The number of hydrogen-bond acceptors (Lipinski definition) is 8. The molecule has 1 aliphatic carbocycles. The van der Waals surface area contributed by atoms with Crippen molar-refractivity contribution in [2.45, 2.75) is 64.1 Å². The molecule has 0 bridgehead atoms. The first-order valence-electron chi connectivity index (χ1n) is 14.5. The first-order valence-corrected chi connectivity index (χ1v) is 14.9. The Bertz CT molecular complexity index is 1650. The number of aromatic nitrogens is 4. The van der Waals surface area contributed by atoms with Crippen LogP contribution >= 0.6 is 11.6 Å². The maximum Gasteiger partial charge on any atom is 0.416 e. The Kier molecular flexibility index (Phi) is 6.92. The lowest BCUT2D eigenvalue weighted by atomic mass is 9.63. The van der Waals surface area contributed by atoms with E-state index < -0.39 is 34.9 Å².